The van der Waals surface area contributed by atoms with Crippen LogP contribution in [0.15, 0.2) is 4.60 Å². The average molecular weight is 164 g/mol. The SMILES string of the molecule is Brc1[c]snn1. The Balaban J connectivity index is 3.05. The Morgan fingerprint density at radius 1 is 1.83 bits per heavy atom. The van der Waals surface area contributed by atoms with Crippen LogP contribution in [0.25, 0.3) is 0 Å². The van der Waals surface area contributed by atoms with E-state index in [4.69, 9.17) is 0 Å². The molecule has 4 heteroatoms. The Labute approximate surface area is 47.5 Å². The lowest BCUT2D eigenvalue weighted by Gasteiger charge is -1.57. The Bertz CT molecular complexity index is 115. The van der Waals surface area contributed by atoms with Gasteiger partial charge in [-0.05, 0) is 27.5 Å². The molecule has 0 fully saturated rings. The molecular formula is C2BrN2S. The van der Waals surface area contributed by atoms with Crippen molar-refractivity contribution in [3.63, 3.8) is 0 Å². The summed E-state index contributed by atoms with van der Waals surface area (Å²) in [7, 11) is 0. The van der Waals surface area contributed by atoms with Crippen molar-refractivity contribution in [3.05, 3.63) is 9.98 Å². The highest BCUT2D eigenvalue weighted by Crippen LogP contribution is 2.02. The molecule has 0 aliphatic carbocycles. The molecule has 1 rings (SSSR count). The van der Waals surface area contributed by atoms with E-state index >= 15 is 0 Å². The van der Waals surface area contributed by atoms with Crippen LogP contribution in [-0.2, 0) is 0 Å². The lowest BCUT2D eigenvalue weighted by atomic mass is 11.0. The van der Waals surface area contributed by atoms with E-state index in [0.717, 1.165) is 0 Å². The van der Waals surface area contributed by atoms with Crippen LogP contribution in [0.3, 0.4) is 0 Å². The van der Waals surface area contributed by atoms with Crippen molar-refractivity contribution in [1.29, 1.82) is 0 Å². The maximum Gasteiger partial charge on any atom is 0.150 e. The second kappa shape index (κ2) is 1.66. The molecule has 0 spiro atoms. The topological polar surface area (TPSA) is 25.8 Å². The van der Waals surface area contributed by atoms with Gasteiger partial charge in [-0.3, -0.25) is 0 Å². The van der Waals surface area contributed by atoms with Gasteiger partial charge < -0.3 is 0 Å². The molecule has 0 saturated heterocycles. The van der Waals surface area contributed by atoms with E-state index < -0.39 is 0 Å². The largest absolute Gasteiger partial charge is 0.150 e. The molecule has 0 unspecified atom stereocenters. The van der Waals surface area contributed by atoms with Crippen LogP contribution < -0.4 is 0 Å². The Morgan fingerprint density at radius 3 is 2.83 bits per heavy atom. The first kappa shape index (κ1) is 4.21. The van der Waals surface area contributed by atoms with Crippen LogP contribution in [-0.4, -0.2) is 9.59 Å². The van der Waals surface area contributed by atoms with Gasteiger partial charge in [-0.25, -0.2) is 0 Å². The second-order valence-corrected chi connectivity index (χ2v) is 1.97. The summed E-state index contributed by atoms with van der Waals surface area (Å²) in [4.78, 5) is 0. The molecular weight excluding hydrogens is 164 g/mol. The third-order valence-electron chi connectivity index (χ3n) is 0.299. The summed E-state index contributed by atoms with van der Waals surface area (Å²) in [5.41, 5.74) is 0. The quantitative estimate of drug-likeness (QED) is 0.573. The monoisotopic (exact) mass is 163 g/mol. The third kappa shape index (κ3) is 0.753. The Kier molecular flexibility index (Phi) is 1.16. The molecule has 1 heterocycles. The number of hydrogen-bond acceptors (Lipinski definition) is 3. The summed E-state index contributed by atoms with van der Waals surface area (Å²) in [6, 6.07) is 0. The van der Waals surface area contributed by atoms with Gasteiger partial charge in [0.25, 0.3) is 0 Å². The number of rotatable bonds is 0. The molecule has 0 aliphatic heterocycles. The minimum Gasteiger partial charge on any atom is -0.130 e. The fraction of sp³-hybridized carbons (Fsp3) is 0. The van der Waals surface area contributed by atoms with Gasteiger partial charge in [-0.2, -0.15) is 0 Å². The molecule has 0 amide bonds. The van der Waals surface area contributed by atoms with Crippen LogP contribution >= 0.6 is 27.5 Å². The standard InChI is InChI=1S/C2BrN2S/c3-2-1-6-5-4-2. The minimum absolute atomic E-state index is 0.688. The molecule has 0 saturated carbocycles. The van der Waals surface area contributed by atoms with E-state index in [-0.39, 0.29) is 0 Å². The van der Waals surface area contributed by atoms with Gasteiger partial charge in [-0.1, -0.05) is 4.49 Å². The number of hydrogen-bond donors (Lipinski definition) is 0. The van der Waals surface area contributed by atoms with Crippen molar-refractivity contribution in [2.24, 2.45) is 0 Å². The summed E-state index contributed by atoms with van der Waals surface area (Å²) < 4.78 is 4.20. The zero-order valence-corrected chi connectivity index (χ0v) is 5.08. The molecule has 31 valence electrons. The fourth-order valence-corrected chi connectivity index (χ4v) is 0.816. The highest BCUT2D eigenvalue weighted by atomic mass is 79.9. The van der Waals surface area contributed by atoms with Crippen LogP contribution in [0.1, 0.15) is 0 Å². The summed E-state index contributed by atoms with van der Waals surface area (Å²) in [6.45, 7) is 0. The first-order valence-electron chi connectivity index (χ1n) is 1.25. The molecule has 1 radical (unpaired) electrons. The third-order valence-corrected chi connectivity index (χ3v) is 1.37. The predicted molar refractivity (Wildman–Crippen MR) is 26.4 cm³/mol. The molecule has 0 bridgehead atoms. The lowest BCUT2D eigenvalue weighted by Crippen LogP contribution is -1.58. The van der Waals surface area contributed by atoms with Crippen molar-refractivity contribution in [2.45, 2.75) is 0 Å². The van der Waals surface area contributed by atoms with E-state index in [1.165, 1.54) is 11.5 Å². The van der Waals surface area contributed by atoms with Gasteiger partial charge >= 0.3 is 0 Å². The number of nitrogens with zero attached hydrogens (tertiary/aromatic N) is 2. The van der Waals surface area contributed by atoms with Crippen LogP contribution in [0.4, 0.5) is 0 Å². The second-order valence-electron chi connectivity index (χ2n) is 0.666. The molecule has 0 N–H and O–H groups in total. The van der Waals surface area contributed by atoms with E-state index in [1.54, 1.807) is 0 Å². The van der Waals surface area contributed by atoms with E-state index in [2.05, 4.69) is 30.9 Å². The zero-order chi connectivity index (χ0) is 4.41. The van der Waals surface area contributed by atoms with Gasteiger partial charge in [0.05, 0.1) is 0 Å². The summed E-state index contributed by atoms with van der Waals surface area (Å²) in [6.07, 6.45) is 0. The van der Waals surface area contributed by atoms with Crippen LogP contribution in [0, 0.1) is 5.38 Å². The lowest BCUT2D eigenvalue weighted by molar-refractivity contribution is 1.12. The van der Waals surface area contributed by atoms with E-state index in [9.17, 15) is 0 Å². The molecule has 0 aromatic carbocycles. The first-order valence-corrected chi connectivity index (χ1v) is 2.82. The highest BCUT2D eigenvalue weighted by Gasteiger charge is 1.82. The van der Waals surface area contributed by atoms with Crippen molar-refractivity contribution in [1.82, 2.24) is 9.59 Å². The van der Waals surface area contributed by atoms with Gasteiger partial charge in [0.15, 0.2) is 0 Å². The molecule has 1 aromatic rings. The van der Waals surface area contributed by atoms with E-state index in [0.29, 0.717) is 4.60 Å². The first-order chi connectivity index (χ1) is 2.89. The van der Waals surface area contributed by atoms with Gasteiger partial charge in [0, 0.05) is 0 Å². The summed E-state index contributed by atoms with van der Waals surface area (Å²) in [5, 5.41) is 6.28. The average Bonchev–Trinajstić information content (AvgIpc) is 1.86. The van der Waals surface area contributed by atoms with Crippen molar-refractivity contribution in [3.8, 4) is 0 Å². The number of halogens is 1. The maximum absolute atomic E-state index is 3.55. The molecule has 1 aromatic heterocycles. The molecule has 6 heavy (non-hydrogen) atoms. The Morgan fingerprint density at radius 2 is 2.67 bits per heavy atom. The van der Waals surface area contributed by atoms with E-state index in [1.807, 2.05) is 0 Å². The summed E-state index contributed by atoms with van der Waals surface area (Å²) >= 11 is 4.27. The molecule has 0 atom stereocenters. The molecule has 0 aliphatic rings. The maximum atomic E-state index is 3.55. The predicted octanol–water partition coefficient (Wildman–Crippen LogP) is 1.10. The summed E-state index contributed by atoms with van der Waals surface area (Å²) in [5.74, 6) is 0. The van der Waals surface area contributed by atoms with Crippen LogP contribution in [0.5, 0.6) is 0 Å². The van der Waals surface area contributed by atoms with Crippen molar-refractivity contribution >= 4 is 27.5 Å². The van der Waals surface area contributed by atoms with Gasteiger partial charge in [0.1, 0.15) is 9.98 Å². The van der Waals surface area contributed by atoms with Crippen molar-refractivity contribution < 1.29 is 0 Å². The highest BCUT2D eigenvalue weighted by molar-refractivity contribution is 9.10. The fourth-order valence-electron chi connectivity index (χ4n) is 0.135. The van der Waals surface area contributed by atoms with Crippen molar-refractivity contribution in [2.75, 3.05) is 0 Å². The molecule has 2 nitrogen and oxygen atoms in total. The number of aromatic nitrogens is 2. The zero-order valence-electron chi connectivity index (χ0n) is 2.68. The van der Waals surface area contributed by atoms with Gasteiger partial charge in [-0.15, -0.1) is 5.10 Å². The van der Waals surface area contributed by atoms with Crippen LogP contribution in [0.2, 0.25) is 0 Å². The van der Waals surface area contributed by atoms with Gasteiger partial charge in [0.2, 0.25) is 0 Å². The Hall–Kier alpha value is 0.0400. The smallest absolute Gasteiger partial charge is 0.130 e. The normalized spacial score (nSPS) is 8.83. The minimum atomic E-state index is 0.688.